The molecule has 1 atom stereocenters. The van der Waals surface area contributed by atoms with E-state index in [0.29, 0.717) is 6.10 Å². The summed E-state index contributed by atoms with van der Waals surface area (Å²) in [4.78, 5) is 0. The molecular formula is C13H18FNO2. The number of rotatable bonds is 5. The summed E-state index contributed by atoms with van der Waals surface area (Å²) in [5, 5.41) is 3.19. The molecule has 0 bridgehead atoms. The SMILES string of the molecule is COc1ccc(NCCC2CCCO2)cc1F. The van der Waals surface area contributed by atoms with Gasteiger partial charge in [-0.3, -0.25) is 0 Å². The number of nitrogens with one attached hydrogen (secondary N) is 1. The van der Waals surface area contributed by atoms with E-state index in [0.717, 1.165) is 38.1 Å². The lowest BCUT2D eigenvalue weighted by atomic mass is 10.2. The van der Waals surface area contributed by atoms with Crippen molar-refractivity contribution in [3.8, 4) is 5.75 Å². The first-order valence-corrected chi connectivity index (χ1v) is 5.98. The first-order chi connectivity index (χ1) is 8.29. The van der Waals surface area contributed by atoms with Crippen LogP contribution >= 0.6 is 0 Å². The van der Waals surface area contributed by atoms with E-state index in [2.05, 4.69) is 5.32 Å². The molecule has 0 amide bonds. The molecule has 4 heteroatoms. The summed E-state index contributed by atoms with van der Waals surface area (Å²) < 4.78 is 23.8. The van der Waals surface area contributed by atoms with Gasteiger partial charge in [-0.05, 0) is 31.4 Å². The normalized spacial score (nSPS) is 19.3. The van der Waals surface area contributed by atoms with Crippen molar-refractivity contribution in [3.05, 3.63) is 24.0 Å². The molecule has 1 heterocycles. The number of benzene rings is 1. The van der Waals surface area contributed by atoms with Gasteiger partial charge in [0.15, 0.2) is 11.6 Å². The van der Waals surface area contributed by atoms with Gasteiger partial charge in [0.2, 0.25) is 0 Å². The second-order valence-corrected chi connectivity index (χ2v) is 4.20. The van der Waals surface area contributed by atoms with Crippen LogP contribution in [0.25, 0.3) is 0 Å². The van der Waals surface area contributed by atoms with E-state index in [-0.39, 0.29) is 11.6 Å². The van der Waals surface area contributed by atoms with Crippen molar-refractivity contribution in [3.63, 3.8) is 0 Å². The third-order valence-corrected chi connectivity index (χ3v) is 2.97. The maximum atomic E-state index is 13.4. The maximum absolute atomic E-state index is 13.4. The molecular weight excluding hydrogens is 221 g/mol. The van der Waals surface area contributed by atoms with Crippen molar-refractivity contribution in [2.45, 2.75) is 25.4 Å². The van der Waals surface area contributed by atoms with Gasteiger partial charge in [0.25, 0.3) is 0 Å². The zero-order chi connectivity index (χ0) is 12.1. The average molecular weight is 239 g/mol. The highest BCUT2D eigenvalue weighted by Crippen LogP contribution is 2.21. The topological polar surface area (TPSA) is 30.5 Å². The minimum Gasteiger partial charge on any atom is -0.494 e. The predicted molar refractivity (Wildman–Crippen MR) is 65.0 cm³/mol. The lowest BCUT2D eigenvalue weighted by Gasteiger charge is -2.11. The minimum atomic E-state index is -0.338. The zero-order valence-electron chi connectivity index (χ0n) is 10.0. The first kappa shape index (κ1) is 12.2. The fraction of sp³-hybridized carbons (Fsp3) is 0.538. The first-order valence-electron chi connectivity index (χ1n) is 5.98. The molecule has 1 aromatic carbocycles. The molecule has 17 heavy (non-hydrogen) atoms. The van der Waals surface area contributed by atoms with Crippen molar-refractivity contribution in [2.24, 2.45) is 0 Å². The number of hydrogen-bond donors (Lipinski definition) is 1. The summed E-state index contributed by atoms with van der Waals surface area (Å²) in [5.41, 5.74) is 0.779. The van der Waals surface area contributed by atoms with Gasteiger partial charge in [-0.25, -0.2) is 4.39 Å². The van der Waals surface area contributed by atoms with Crippen molar-refractivity contribution in [1.82, 2.24) is 0 Å². The maximum Gasteiger partial charge on any atom is 0.167 e. The van der Waals surface area contributed by atoms with Crippen LogP contribution in [-0.2, 0) is 4.74 Å². The summed E-state index contributed by atoms with van der Waals surface area (Å²) in [6.07, 6.45) is 3.62. The number of methoxy groups -OCH3 is 1. The summed E-state index contributed by atoms with van der Waals surface area (Å²) in [5.74, 6) is -0.0655. The molecule has 0 radical (unpaired) electrons. The molecule has 0 aromatic heterocycles. The van der Waals surface area contributed by atoms with E-state index in [1.807, 2.05) is 6.07 Å². The molecule has 3 nitrogen and oxygen atoms in total. The van der Waals surface area contributed by atoms with Gasteiger partial charge in [-0.2, -0.15) is 0 Å². The van der Waals surface area contributed by atoms with Crippen LogP contribution in [-0.4, -0.2) is 26.4 Å². The Bertz CT molecular complexity index is 364. The Balaban J connectivity index is 1.80. The van der Waals surface area contributed by atoms with Gasteiger partial charge < -0.3 is 14.8 Å². The highest BCUT2D eigenvalue weighted by Gasteiger charge is 2.14. The van der Waals surface area contributed by atoms with Gasteiger partial charge >= 0.3 is 0 Å². The Morgan fingerprint density at radius 1 is 1.53 bits per heavy atom. The van der Waals surface area contributed by atoms with E-state index >= 15 is 0 Å². The van der Waals surface area contributed by atoms with Crippen molar-refractivity contribution < 1.29 is 13.9 Å². The standard InChI is InChI=1S/C13H18FNO2/c1-16-13-5-4-10(9-12(13)14)15-7-6-11-3-2-8-17-11/h4-5,9,11,15H,2-3,6-8H2,1H3. The molecule has 94 valence electrons. The Labute approximate surface area is 101 Å². The van der Waals surface area contributed by atoms with Gasteiger partial charge in [-0.15, -0.1) is 0 Å². The van der Waals surface area contributed by atoms with Gasteiger partial charge in [-0.1, -0.05) is 0 Å². The molecule has 1 fully saturated rings. The summed E-state index contributed by atoms with van der Waals surface area (Å²) >= 11 is 0. The predicted octanol–water partition coefficient (Wildman–Crippen LogP) is 2.82. The summed E-state index contributed by atoms with van der Waals surface area (Å²) in [7, 11) is 1.46. The van der Waals surface area contributed by atoms with Crippen molar-refractivity contribution in [1.29, 1.82) is 0 Å². The third kappa shape index (κ3) is 3.33. The van der Waals surface area contributed by atoms with E-state index in [1.165, 1.54) is 13.2 Å². The molecule has 1 N–H and O–H groups in total. The van der Waals surface area contributed by atoms with E-state index in [9.17, 15) is 4.39 Å². The lowest BCUT2D eigenvalue weighted by Crippen LogP contribution is -2.12. The largest absolute Gasteiger partial charge is 0.494 e. The highest BCUT2D eigenvalue weighted by atomic mass is 19.1. The Morgan fingerprint density at radius 3 is 3.06 bits per heavy atom. The highest BCUT2D eigenvalue weighted by molar-refractivity contribution is 5.47. The van der Waals surface area contributed by atoms with Crippen molar-refractivity contribution >= 4 is 5.69 Å². The Morgan fingerprint density at radius 2 is 2.41 bits per heavy atom. The van der Waals surface area contributed by atoms with Crippen LogP contribution in [0.5, 0.6) is 5.75 Å². The summed E-state index contributed by atoms with van der Waals surface area (Å²) in [6, 6.07) is 4.90. The number of halogens is 1. The number of ether oxygens (including phenoxy) is 2. The van der Waals surface area contributed by atoms with Crippen LogP contribution < -0.4 is 10.1 Å². The van der Waals surface area contributed by atoms with Crippen molar-refractivity contribution in [2.75, 3.05) is 25.6 Å². The Hall–Kier alpha value is -1.29. The Kier molecular flexibility index (Phi) is 4.20. The molecule has 1 aromatic rings. The number of anilines is 1. The third-order valence-electron chi connectivity index (χ3n) is 2.97. The fourth-order valence-corrected chi connectivity index (χ4v) is 2.03. The minimum absolute atomic E-state index is 0.273. The average Bonchev–Trinajstić information content (AvgIpc) is 2.82. The second-order valence-electron chi connectivity index (χ2n) is 4.20. The zero-order valence-corrected chi connectivity index (χ0v) is 10.0. The van der Waals surface area contributed by atoms with Crippen LogP contribution in [0, 0.1) is 5.82 Å². The second kappa shape index (κ2) is 5.87. The molecule has 1 aliphatic rings. The number of hydrogen-bond acceptors (Lipinski definition) is 3. The smallest absolute Gasteiger partial charge is 0.167 e. The molecule has 0 spiro atoms. The molecule has 1 saturated heterocycles. The van der Waals surface area contributed by atoms with Crippen LogP contribution in [0.15, 0.2) is 18.2 Å². The van der Waals surface area contributed by atoms with Gasteiger partial charge in [0, 0.05) is 24.9 Å². The molecule has 0 saturated carbocycles. The van der Waals surface area contributed by atoms with E-state index in [1.54, 1.807) is 6.07 Å². The quantitative estimate of drug-likeness (QED) is 0.857. The van der Waals surface area contributed by atoms with Crippen LogP contribution in [0.3, 0.4) is 0 Å². The van der Waals surface area contributed by atoms with E-state index < -0.39 is 0 Å². The molecule has 0 aliphatic carbocycles. The van der Waals surface area contributed by atoms with Crippen LogP contribution in [0.4, 0.5) is 10.1 Å². The monoisotopic (exact) mass is 239 g/mol. The summed E-state index contributed by atoms with van der Waals surface area (Å²) in [6.45, 7) is 1.68. The van der Waals surface area contributed by atoms with Gasteiger partial charge in [0.05, 0.1) is 13.2 Å². The van der Waals surface area contributed by atoms with Crippen LogP contribution in [0.1, 0.15) is 19.3 Å². The molecule has 1 unspecified atom stereocenters. The van der Waals surface area contributed by atoms with Crippen LogP contribution in [0.2, 0.25) is 0 Å². The van der Waals surface area contributed by atoms with Gasteiger partial charge in [0.1, 0.15) is 0 Å². The molecule has 1 aliphatic heterocycles. The lowest BCUT2D eigenvalue weighted by molar-refractivity contribution is 0.107. The fourth-order valence-electron chi connectivity index (χ4n) is 2.03. The molecule has 2 rings (SSSR count). The van der Waals surface area contributed by atoms with E-state index in [4.69, 9.17) is 9.47 Å².